The molecule has 0 aliphatic carbocycles. The Labute approximate surface area is 104 Å². The zero-order valence-corrected chi connectivity index (χ0v) is 10.9. The summed E-state index contributed by atoms with van der Waals surface area (Å²) in [6.45, 7) is 0. The van der Waals surface area contributed by atoms with Gasteiger partial charge in [0.15, 0.2) is 5.75 Å². The zero-order valence-electron chi connectivity index (χ0n) is 8.53. The summed E-state index contributed by atoms with van der Waals surface area (Å²) in [6, 6.07) is 2.54. The maximum absolute atomic E-state index is 11.5. The van der Waals surface area contributed by atoms with Crippen molar-refractivity contribution in [2.75, 3.05) is 18.8 Å². The lowest BCUT2D eigenvalue weighted by atomic mass is 10.3. The van der Waals surface area contributed by atoms with E-state index in [0.29, 0.717) is 0 Å². The summed E-state index contributed by atoms with van der Waals surface area (Å²) in [5.74, 6) is -0.281. The van der Waals surface area contributed by atoms with Gasteiger partial charge in [0.05, 0.1) is 15.7 Å². The number of hydrogen-bond acceptors (Lipinski definition) is 3. The standard InChI is InChI=1S/C8H10Cl2N2O3S/c1-12(2)16(14,15)11-5-3-6(9)8(13)7(10)4-5/h3-4,11,13H,1-2H3. The van der Waals surface area contributed by atoms with Crippen LogP contribution in [0, 0.1) is 0 Å². The molecule has 0 radical (unpaired) electrons. The van der Waals surface area contributed by atoms with Gasteiger partial charge in [-0.1, -0.05) is 23.2 Å². The lowest BCUT2D eigenvalue weighted by molar-refractivity contribution is 0.476. The molecule has 0 spiro atoms. The molecule has 16 heavy (non-hydrogen) atoms. The highest BCUT2D eigenvalue weighted by molar-refractivity contribution is 7.90. The molecule has 0 heterocycles. The number of nitrogens with zero attached hydrogens (tertiary/aromatic N) is 1. The van der Waals surface area contributed by atoms with Crippen molar-refractivity contribution in [2.24, 2.45) is 0 Å². The van der Waals surface area contributed by atoms with Crippen LogP contribution in [0.5, 0.6) is 5.75 Å². The molecule has 0 amide bonds. The van der Waals surface area contributed by atoms with Gasteiger partial charge in [-0.2, -0.15) is 12.7 Å². The maximum Gasteiger partial charge on any atom is 0.301 e. The molecule has 1 aromatic rings. The molecular weight excluding hydrogens is 275 g/mol. The number of nitrogens with one attached hydrogen (secondary N) is 1. The van der Waals surface area contributed by atoms with E-state index in [2.05, 4.69) is 4.72 Å². The second-order valence-corrected chi connectivity index (χ2v) is 5.88. The van der Waals surface area contributed by atoms with E-state index in [1.54, 1.807) is 0 Å². The highest BCUT2D eigenvalue weighted by atomic mass is 35.5. The predicted octanol–water partition coefficient (Wildman–Crippen LogP) is 1.92. The summed E-state index contributed by atoms with van der Waals surface area (Å²) in [6.07, 6.45) is 0. The number of aromatic hydroxyl groups is 1. The van der Waals surface area contributed by atoms with Crippen LogP contribution in [-0.4, -0.2) is 31.9 Å². The van der Waals surface area contributed by atoms with Gasteiger partial charge in [0, 0.05) is 14.1 Å². The first-order valence-corrected chi connectivity index (χ1v) is 6.32. The van der Waals surface area contributed by atoms with E-state index >= 15 is 0 Å². The lowest BCUT2D eigenvalue weighted by Crippen LogP contribution is -2.28. The molecule has 0 unspecified atom stereocenters. The Morgan fingerprint density at radius 1 is 1.25 bits per heavy atom. The van der Waals surface area contributed by atoms with Crippen molar-refractivity contribution in [1.29, 1.82) is 0 Å². The Hall–Kier alpha value is -0.690. The number of benzene rings is 1. The third-order valence-corrected chi connectivity index (χ3v) is 3.78. The zero-order chi connectivity index (χ0) is 12.5. The van der Waals surface area contributed by atoms with E-state index in [0.717, 1.165) is 4.31 Å². The van der Waals surface area contributed by atoms with Crippen LogP contribution >= 0.6 is 23.2 Å². The molecule has 0 atom stereocenters. The molecule has 0 aliphatic rings. The molecule has 0 fully saturated rings. The monoisotopic (exact) mass is 284 g/mol. The van der Waals surface area contributed by atoms with Crippen molar-refractivity contribution < 1.29 is 13.5 Å². The van der Waals surface area contributed by atoms with Gasteiger partial charge in [0.1, 0.15) is 0 Å². The van der Waals surface area contributed by atoms with Crippen LogP contribution in [0.25, 0.3) is 0 Å². The van der Waals surface area contributed by atoms with Gasteiger partial charge in [0.25, 0.3) is 0 Å². The van der Waals surface area contributed by atoms with Crippen molar-refractivity contribution in [1.82, 2.24) is 4.31 Å². The number of anilines is 1. The summed E-state index contributed by atoms with van der Waals surface area (Å²) in [4.78, 5) is 0. The van der Waals surface area contributed by atoms with Crippen LogP contribution in [-0.2, 0) is 10.2 Å². The fraction of sp³-hybridized carbons (Fsp3) is 0.250. The van der Waals surface area contributed by atoms with Gasteiger partial charge < -0.3 is 5.11 Å². The SMILES string of the molecule is CN(C)S(=O)(=O)Nc1cc(Cl)c(O)c(Cl)c1. The first-order valence-electron chi connectivity index (χ1n) is 4.12. The molecule has 1 aromatic carbocycles. The number of halogens is 2. The largest absolute Gasteiger partial charge is 0.505 e. The van der Waals surface area contributed by atoms with Gasteiger partial charge in [-0.05, 0) is 12.1 Å². The third-order valence-electron chi connectivity index (χ3n) is 1.74. The average molecular weight is 285 g/mol. The van der Waals surface area contributed by atoms with Crippen molar-refractivity contribution in [3.63, 3.8) is 0 Å². The van der Waals surface area contributed by atoms with Gasteiger partial charge >= 0.3 is 10.2 Å². The minimum atomic E-state index is -3.61. The topological polar surface area (TPSA) is 69.6 Å². The Morgan fingerprint density at radius 2 is 1.69 bits per heavy atom. The second-order valence-electron chi connectivity index (χ2n) is 3.18. The minimum absolute atomic E-state index is 0.0241. The highest BCUT2D eigenvalue weighted by Crippen LogP contribution is 2.34. The minimum Gasteiger partial charge on any atom is -0.505 e. The number of phenolic OH excluding ortho intramolecular Hbond substituents is 1. The van der Waals surface area contributed by atoms with E-state index in [1.165, 1.54) is 26.2 Å². The van der Waals surface area contributed by atoms with E-state index in [-0.39, 0.29) is 21.5 Å². The van der Waals surface area contributed by atoms with Crippen LogP contribution in [0.4, 0.5) is 5.69 Å². The van der Waals surface area contributed by atoms with Crippen molar-refractivity contribution in [2.45, 2.75) is 0 Å². The first kappa shape index (κ1) is 13.4. The highest BCUT2D eigenvalue weighted by Gasteiger charge is 2.15. The summed E-state index contributed by atoms with van der Waals surface area (Å²) >= 11 is 11.3. The molecule has 0 aromatic heterocycles. The summed E-state index contributed by atoms with van der Waals surface area (Å²) in [5, 5.41) is 9.24. The third kappa shape index (κ3) is 2.91. The van der Waals surface area contributed by atoms with Gasteiger partial charge in [-0.25, -0.2) is 0 Å². The fourth-order valence-electron chi connectivity index (χ4n) is 0.865. The number of rotatable bonds is 3. The van der Waals surface area contributed by atoms with Crippen LogP contribution in [0.1, 0.15) is 0 Å². The fourth-order valence-corrected chi connectivity index (χ4v) is 1.95. The normalized spacial score (nSPS) is 11.8. The second kappa shape index (κ2) is 4.67. The molecule has 0 saturated carbocycles. The van der Waals surface area contributed by atoms with Crippen molar-refractivity contribution in [3.8, 4) is 5.75 Å². The quantitative estimate of drug-likeness (QED) is 0.833. The van der Waals surface area contributed by atoms with E-state index < -0.39 is 10.2 Å². The Kier molecular flexibility index (Phi) is 3.90. The van der Waals surface area contributed by atoms with E-state index in [9.17, 15) is 13.5 Å². The van der Waals surface area contributed by atoms with Crippen LogP contribution < -0.4 is 4.72 Å². The van der Waals surface area contributed by atoms with Gasteiger partial charge in [0.2, 0.25) is 0 Å². The van der Waals surface area contributed by atoms with Crippen LogP contribution in [0.2, 0.25) is 10.0 Å². The average Bonchev–Trinajstić information content (AvgIpc) is 2.13. The maximum atomic E-state index is 11.5. The number of phenols is 1. The molecule has 1 rings (SSSR count). The summed E-state index contributed by atoms with van der Waals surface area (Å²) < 4.78 is 26.2. The molecule has 8 heteroatoms. The number of hydrogen-bond donors (Lipinski definition) is 2. The predicted molar refractivity (Wildman–Crippen MR) is 64.4 cm³/mol. The molecule has 90 valence electrons. The van der Waals surface area contributed by atoms with Crippen molar-refractivity contribution in [3.05, 3.63) is 22.2 Å². The Morgan fingerprint density at radius 3 is 2.06 bits per heavy atom. The summed E-state index contributed by atoms with van der Waals surface area (Å²) in [7, 11) is -0.851. The van der Waals surface area contributed by atoms with Gasteiger partial charge in [-0.15, -0.1) is 0 Å². The Bertz CT molecular complexity index is 479. The molecule has 2 N–H and O–H groups in total. The molecule has 0 saturated heterocycles. The lowest BCUT2D eigenvalue weighted by Gasteiger charge is -2.14. The van der Waals surface area contributed by atoms with Crippen LogP contribution in [0.15, 0.2) is 12.1 Å². The molecule has 5 nitrogen and oxygen atoms in total. The van der Waals surface area contributed by atoms with Crippen molar-refractivity contribution >= 4 is 39.1 Å². The first-order chi connectivity index (χ1) is 7.24. The molecule has 0 aliphatic heterocycles. The smallest absolute Gasteiger partial charge is 0.301 e. The summed E-state index contributed by atoms with van der Waals surface area (Å²) in [5.41, 5.74) is 0.182. The molecular formula is C8H10Cl2N2O3S. The van der Waals surface area contributed by atoms with Crippen LogP contribution in [0.3, 0.4) is 0 Å². The van der Waals surface area contributed by atoms with E-state index in [1.807, 2.05) is 0 Å². The van der Waals surface area contributed by atoms with Gasteiger partial charge in [-0.3, -0.25) is 4.72 Å². The van der Waals surface area contributed by atoms with E-state index in [4.69, 9.17) is 23.2 Å². The molecule has 0 bridgehead atoms. The Balaban J connectivity index is 3.09.